The SMILES string of the molecule is CC(CC1=Cc2ccccc2[CH]1)C1=Cc2ccccc2[CH]1. The number of allylic oxidation sites excluding steroid dienone is 2. The molecule has 2 aromatic rings. The molecule has 0 amide bonds. The van der Waals surface area contributed by atoms with Crippen molar-refractivity contribution in [3.8, 4) is 0 Å². The van der Waals surface area contributed by atoms with Crippen molar-refractivity contribution in [1.29, 1.82) is 0 Å². The maximum Gasteiger partial charge on any atom is 0.0167 e. The van der Waals surface area contributed by atoms with Gasteiger partial charge in [-0.15, -0.1) is 0 Å². The highest BCUT2D eigenvalue weighted by Gasteiger charge is 2.20. The van der Waals surface area contributed by atoms with Gasteiger partial charge in [-0.1, -0.05) is 78.8 Å². The average Bonchev–Trinajstić information content (AvgIpc) is 3.10. The van der Waals surface area contributed by atoms with Gasteiger partial charge in [0, 0.05) is 12.8 Å². The van der Waals surface area contributed by atoms with Gasteiger partial charge in [0.2, 0.25) is 0 Å². The lowest BCUT2D eigenvalue weighted by atomic mass is 9.91. The summed E-state index contributed by atoms with van der Waals surface area (Å²) >= 11 is 0. The van der Waals surface area contributed by atoms with Crippen LogP contribution in [0.2, 0.25) is 0 Å². The zero-order chi connectivity index (χ0) is 14.2. The maximum atomic E-state index is 2.34. The fraction of sp³-hybridized carbons (Fsp3) is 0.143. The molecule has 0 fully saturated rings. The van der Waals surface area contributed by atoms with Crippen LogP contribution in [0.4, 0.5) is 0 Å². The summed E-state index contributed by atoms with van der Waals surface area (Å²) in [6.07, 6.45) is 10.4. The molecular formula is C21H18. The van der Waals surface area contributed by atoms with Crippen molar-refractivity contribution in [3.63, 3.8) is 0 Å². The molecule has 0 spiro atoms. The standard InChI is InChI=1S/C21H18/c1-15(21-13-19-8-4-5-9-20(19)14-21)10-16-11-17-6-2-3-7-18(17)12-16/h2-9,11-15H,10H2,1H3. The minimum atomic E-state index is 0.550. The van der Waals surface area contributed by atoms with Gasteiger partial charge in [0.05, 0.1) is 0 Å². The topological polar surface area (TPSA) is 0 Å². The highest BCUT2D eigenvalue weighted by molar-refractivity contribution is 5.71. The van der Waals surface area contributed by atoms with Crippen LogP contribution in [0.5, 0.6) is 0 Å². The Morgan fingerprint density at radius 2 is 1.29 bits per heavy atom. The molecule has 2 radical (unpaired) electrons. The van der Waals surface area contributed by atoms with Crippen molar-refractivity contribution in [2.75, 3.05) is 0 Å². The quantitative estimate of drug-likeness (QED) is 0.709. The third kappa shape index (κ3) is 2.35. The van der Waals surface area contributed by atoms with Crippen LogP contribution in [0.3, 0.4) is 0 Å². The van der Waals surface area contributed by atoms with Crippen molar-refractivity contribution in [1.82, 2.24) is 0 Å². The molecule has 1 atom stereocenters. The zero-order valence-electron chi connectivity index (χ0n) is 12.2. The van der Waals surface area contributed by atoms with Gasteiger partial charge >= 0.3 is 0 Å². The first-order chi connectivity index (χ1) is 10.3. The van der Waals surface area contributed by atoms with Crippen LogP contribution in [0.15, 0.2) is 59.7 Å². The number of benzene rings is 2. The lowest BCUT2D eigenvalue weighted by Crippen LogP contribution is -2.00. The zero-order valence-corrected chi connectivity index (χ0v) is 12.2. The van der Waals surface area contributed by atoms with E-state index in [1.165, 1.54) is 33.4 Å². The summed E-state index contributed by atoms with van der Waals surface area (Å²) in [4.78, 5) is 0. The molecule has 2 aromatic carbocycles. The van der Waals surface area contributed by atoms with E-state index in [-0.39, 0.29) is 0 Å². The third-order valence-electron chi connectivity index (χ3n) is 4.43. The molecule has 0 aliphatic heterocycles. The minimum Gasteiger partial charge on any atom is -0.0619 e. The highest BCUT2D eigenvalue weighted by atomic mass is 14.2. The molecule has 0 bridgehead atoms. The predicted octanol–water partition coefficient (Wildman–Crippen LogP) is 5.31. The Balaban J connectivity index is 1.48. The van der Waals surface area contributed by atoms with Gasteiger partial charge in [0.1, 0.15) is 0 Å². The van der Waals surface area contributed by atoms with Crippen molar-refractivity contribution in [3.05, 3.63) is 94.8 Å². The Morgan fingerprint density at radius 1 is 0.714 bits per heavy atom. The smallest absolute Gasteiger partial charge is 0.0167 e. The second kappa shape index (κ2) is 5.04. The molecule has 1 unspecified atom stereocenters. The molecule has 0 N–H and O–H groups in total. The minimum absolute atomic E-state index is 0.550. The number of hydrogen-bond donors (Lipinski definition) is 0. The van der Waals surface area contributed by atoms with E-state index in [1.54, 1.807) is 0 Å². The van der Waals surface area contributed by atoms with Gasteiger partial charge < -0.3 is 0 Å². The van der Waals surface area contributed by atoms with Crippen molar-refractivity contribution in [2.45, 2.75) is 13.3 Å². The normalized spacial score (nSPS) is 17.0. The number of hydrogen-bond acceptors (Lipinski definition) is 0. The van der Waals surface area contributed by atoms with E-state index in [9.17, 15) is 0 Å². The van der Waals surface area contributed by atoms with E-state index in [0.29, 0.717) is 5.92 Å². The largest absolute Gasteiger partial charge is 0.0619 e. The molecule has 0 heterocycles. The monoisotopic (exact) mass is 270 g/mol. The highest BCUT2D eigenvalue weighted by Crippen LogP contribution is 2.36. The second-order valence-electron chi connectivity index (χ2n) is 6.02. The van der Waals surface area contributed by atoms with Gasteiger partial charge in [0.15, 0.2) is 0 Å². The van der Waals surface area contributed by atoms with Crippen LogP contribution in [-0.4, -0.2) is 0 Å². The van der Waals surface area contributed by atoms with Crippen LogP contribution in [0, 0.1) is 18.8 Å². The van der Waals surface area contributed by atoms with E-state index in [2.05, 4.69) is 80.4 Å². The summed E-state index contributed by atoms with van der Waals surface area (Å²) in [5.41, 5.74) is 8.30. The first-order valence-corrected chi connectivity index (χ1v) is 7.59. The van der Waals surface area contributed by atoms with Crippen LogP contribution < -0.4 is 0 Å². The van der Waals surface area contributed by atoms with Gasteiger partial charge in [-0.05, 0) is 34.6 Å². The predicted molar refractivity (Wildman–Crippen MR) is 89.4 cm³/mol. The van der Waals surface area contributed by atoms with E-state index in [4.69, 9.17) is 0 Å². The first-order valence-electron chi connectivity index (χ1n) is 7.59. The first kappa shape index (κ1) is 12.6. The van der Waals surface area contributed by atoms with E-state index in [1.807, 2.05) is 0 Å². The molecule has 0 saturated heterocycles. The number of fused-ring (bicyclic) bond motifs is 2. The fourth-order valence-corrected chi connectivity index (χ4v) is 3.26. The van der Waals surface area contributed by atoms with Crippen LogP contribution >= 0.6 is 0 Å². The molecule has 2 aliphatic carbocycles. The Hall–Kier alpha value is -2.08. The Kier molecular flexibility index (Phi) is 3.03. The Bertz CT molecular complexity index is 746. The summed E-state index contributed by atoms with van der Waals surface area (Å²) in [5.74, 6) is 0.550. The van der Waals surface area contributed by atoms with E-state index < -0.39 is 0 Å². The van der Waals surface area contributed by atoms with Crippen LogP contribution in [-0.2, 0) is 0 Å². The summed E-state index contributed by atoms with van der Waals surface area (Å²) in [7, 11) is 0. The summed E-state index contributed by atoms with van der Waals surface area (Å²) in [5, 5.41) is 0. The summed E-state index contributed by atoms with van der Waals surface area (Å²) in [6.45, 7) is 2.33. The van der Waals surface area contributed by atoms with Crippen molar-refractivity contribution < 1.29 is 0 Å². The van der Waals surface area contributed by atoms with Crippen molar-refractivity contribution in [2.24, 2.45) is 5.92 Å². The number of rotatable bonds is 3. The fourth-order valence-electron chi connectivity index (χ4n) is 3.26. The van der Waals surface area contributed by atoms with E-state index >= 15 is 0 Å². The maximum absolute atomic E-state index is 2.34. The molecule has 2 aliphatic rings. The van der Waals surface area contributed by atoms with Crippen LogP contribution in [0.1, 0.15) is 35.6 Å². The van der Waals surface area contributed by atoms with Gasteiger partial charge in [-0.3, -0.25) is 0 Å². The molecule has 0 aromatic heterocycles. The second-order valence-corrected chi connectivity index (χ2v) is 6.02. The van der Waals surface area contributed by atoms with Gasteiger partial charge in [-0.2, -0.15) is 0 Å². The Morgan fingerprint density at radius 3 is 1.90 bits per heavy atom. The molecule has 102 valence electrons. The summed E-state index contributed by atoms with van der Waals surface area (Å²) < 4.78 is 0. The molecule has 0 nitrogen and oxygen atoms in total. The van der Waals surface area contributed by atoms with Gasteiger partial charge in [-0.25, -0.2) is 0 Å². The van der Waals surface area contributed by atoms with E-state index in [0.717, 1.165) is 6.42 Å². The van der Waals surface area contributed by atoms with Gasteiger partial charge in [0.25, 0.3) is 0 Å². The van der Waals surface area contributed by atoms with Crippen LogP contribution in [0.25, 0.3) is 12.2 Å². The molecular weight excluding hydrogens is 252 g/mol. The average molecular weight is 270 g/mol. The van der Waals surface area contributed by atoms with Crippen molar-refractivity contribution >= 4 is 12.2 Å². The lowest BCUT2D eigenvalue weighted by molar-refractivity contribution is 0.694. The molecule has 0 heteroatoms. The molecule has 4 rings (SSSR count). The summed E-state index contributed by atoms with van der Waals surface area (Å²) in [6, 6.07) is 17.2. The molecule has 0 saturated carbocycles. The lowest BCUT2D eigenvalue weighted by Gasteiger charge is -2.13. The third-order valence-corrected chi connectivity index (χ3v) is 4.43. The Labute approximate surface area is 126 Å². The molecule has 21 heavy (non-hydrogen) atoms.